The van der Waals surface area contributed by atoms with Crippen LogP contribution in [0, 0.1) is 0 Å². The van der Waals surface area contributed by atoms with Crippen molar-refractivity contribution in [2.75, 3.05) is 0 Å². The van der Waals surface area contributed by atoms with Gasteiger partial charge in [0.25, 0.3) is 0 Å². The maximum absolute atomic E-state index is 12.7. The zero-order valence-electron chi connectivity index (χ0n) is 15.3. The molecule has 0 aromatic heterocycles. The van der Waals surface area contributed by atoms with Gasteiger partial charge in [0.15, 0.2) is 0 Å². The fraction of sp³-hybridized carbons (Fsp3) is 0.389. The lowest BCUT2D eigenvalue weighted by Crippen LogP contribution is -2.58. The number of carbonyl (C=O) groups excluding carboxylic acids is 2. The molecule has 2 amide bonds. The van der Waals surface area contributed by atoms with Crippen LogP contribution in [0.2, 0.25) is 0 Å². The van der Waals surface area contributed by atoms with Crippen LogP contribution in [0.4, 0.5) is 0 Å². The van der Waals surface area contributed by atoms with E-state index in [4.69, 9.17) is 21.1 Å². The van der Waals surface area contributed by atoms with E-state index in [9.17, 15) is 24.0 Å². The molecule has 11 heteroatoms. The molecule has 1 aromatic carbocycles. The van der Waals surface area contributed by atoms with E-state index < -0.39 is 60.7 Å². The van der Waals surface area contributed by atoms with Gasteiger partial charge in [-0.25, -0.2) is 4.79 Å². The summed E-state index contributed by atoms with van der Waals surface area (Å²) in [5.41, 5.74) is 7.17. The lowest BCUT2D eigenvalue weighted by Gasteiger charge is -2.37. The first kappa shape index (κ1) is 21.8. The highest BCUT2D eigenvalue weighted by Gasteiger charge is 2.38. The van der Waals surface area contributed by atoms with E-state index in [1.54, 1.807) is 24.3 Å². The molecule has 0 aliphatic carbocycles. The molecule has 1 aliphatic heterocycles. The highest BCUT2D eigenvalue weighted by molar-refractivity contribution is 5.94. The van der Waals surface area contributed by atoms with Crippen molar-refractivity contribution in [3.63, 3.8) is 0 Å². The molecule has 0 spiro atoms. The monoisotopic (exact) mass is 407 g/mol. The Hall–Kier alpha value is -3.47. The summed E-state index contributed by atoms with van der Waals surface area (Å²) in [6.45, 7) is -0.0168. The maximum Gasteiger partial charge on any atom is 0.326 e. The van der Waals surface area contributed by atoms with Crippen molar-refractivity contribution in [3.05, 3.63) is 35.4 Å². The van der Waals surface area contributed by atoms with Crippen molar-refractivity contribution in [2.24, 2.45) is 5.73 Å². The minimum atomic E-state index is -1.68. The molecule has 3 atom stereocenters. The fourth-order valence-electron chi connectivity index (χ4n) is 3.12. The van der Waals surface area contributed by atoms with Crippen LogP contribution < -0.4 is 11.1 Å². The molecular formula is C18H21N3O8. The molecule has 0 bridgehead atoms. The normalized spacial score (nSPS) is 17.6. The van der Waals surface area contributed by atoms with Gasteiger partial charge in [0.05, 0.1) is 18.9 Å². The van der Waals surface area contributed by atoms with Crippen LogP contribution in [0.25, 0.3) is 0 Å². The summed E-state index contributed by atoms with van der Waals surface area (Å²) in [5.74, 6) is -5.85. The highest BCUT2D eigenvalue weighted by atomic mass is 16.4. The summed E-state index contributed by atoms with van der Waals surface area (Å²) < 4.78 is 0. The molecular weight excluding hydrogens is 386 g/mol. The Bertz CT molecular complexity index is 840. The van der Waals surface area contributed by atoms with E-state index in [1.807, 2.05) is 0 Å². The van der Waals surface area contributed by atoms with Crippen LogP contribution in [0.3, 0.4) is 0 Å². The number of carboxylic acid groups (broad SMARTS) is 3. The van der Waals surface area contributed by atoms with Crippen LogP contribution in [0.15, 0.2) is 24.3 Å². The van der Waals surface area contributed by atoms with Gasteiger partial charge in [-0.15, -0.1) is 0 Å². The minimum Gasteiger partial charge on any atom is -0.481 e. The van der Waals surface area contributed by atoms with Gasteiger partial charge in [0.1, 0.15) is 12.1 Å². The van der Waals surface area contributed by atoms with E-state index in [2.05, 4.69) is 5.32 Å². The number of nitrogens with two attached hydrogens (primary N) is 1. The van der Waals surface area contributed by atoms with E-state index in [1.165, 1.54) is 0 Å². The molecule has 11 nitrogen and oxygen atoms in total. The SMILES string of the molecule is N[C@@H](CC(=O)O)C(=O)N1Cc2ccccc2C[C@H]1C(=O)N[C@@H](CC(=O)O)C(=O)O. The second-order valence-corrected chi connectivity index (χ2v) is 6.66. The molecule has 29 heavy (non-hydrogen) atoms. The largest absolute Gasteiger partial charge is 0.481 e. The predicted octanol–water partition coefficient (Wildman–Crippen LogP) is -1.21. The Labute approximate surface area is 165 Å². The molecule has 1 aromatic rings. The number of carbonyl (C=O) groups is 5. The topological polar surface area (TPSA) is 187 Å². The predicted molar refractivity (Wildman–Crippen MR) is 96.5 cm³/mol. The average molecular weight is 407 g/mol. The van der Waals surface area contributed by atoms with Gasteiger partial charge in [-0.2, -0.15) is 0 Å². The molecule has 0 unspecified atom stereocenters. The molecule has 0 fully saturated rings. The zero-order chi connectivity index (χ0) is 21.7. The second-order valence-electron chi connectivity index (χ2n) is 6.66. The zero-order valence-corrected chi connectivity index (χ0v) is 15.3. The number of hydrogen-bond donors (Lipinski definition) is 5. The van der Waals surface area contributed by atoms with Crippen LogP contribution >= 0.6 is 0 Å². The summed E-state index contributed by atoms with van der Waals surface area (Å²) in [7, 11) is 0. The van der Waals surface area contributed by atoms with E-state index in [-0.39, 0.29) is 13.0 Å². The number of carboxylic acids is 3. The first-order chi connectivity index (χ1) is 13.6. The Morgan fingerprint density at radius 1 is 1.03 bits per heavy atom. The molecule has 0 saturated carbocycles. The smallest absolute Gasteiger partial charge is 0.326 e. The molecule has 2 rings (SSSR count). The Balaban J connectivity index is 2.30. The Morgan fingerprint density at radius 2 is 1.62 bits per heavy atom. The number of benzene rings is 1. The summed E-state index contributed by atoms with van der Waals surface area (Å²) in [4.78, 5) is 59.5. The minimum absolute atomic E-state index is 0.0168. The van der Waals surface area contributed by atoms with Crippen molar-refractivity contribution >= 4 is 29.7 Å². The Morgan fingerprint density at radius 3 is 2.17 bits per heavy atom. The third-order valence-corrected chi connectivity index (χ3v) is 4.54. The van der Waals surface area contributed by atoms with Crippen molar-refractivity contribution in [1.29, 1.82) is 0 Å². The number of hydrogen-bond acceptors (Lipinski definition) is 6. The number of fused-ring (bicyclic) bond motifs is 1. The number of rotatable bonds is 8. The number of nitrogens with one attached hydrogen (secondary N) is 1. The molecule has 156 valence electrons. The summed E-state index contributed by atoms with van der Waals surface area (Å²) in [6.07, 6.45) is -1.42. The molecule has 0 radical (unpaired) electrons. The van der Waals surface area contributed by atoms with Gasteiger partial charge in [0, 0.05) is 13.0 Å². The summed E-state index contributed by atoms with van der Waals surface area (Å²) in [6, 6.07) is 2.76. The van der Waals surface area contributed by atoms with E-state index >= 15 is 0 Å². The molecule has 1 heterocycles. The van der Waals surface area contributed by atoms with Gasteiger partial charge < -0.3 is 31.3 Å². The van der Waals surface area contributed by atoms with Crippen LogP contribution in [0.5, 0.6) is 0 Å². The lowest BCUT2D eigenvalue weighted by molar-refractivity contribution is -0.150. The van der Waals surface area contributed by atoms with E-state index in [0.717, 1.165) is 16.0 Å². The van der Waals surface area contributed by atoms with E-state index in [0.29, 0.717) is 0 Å². The number of aliphatic carboxylic acids is 3. The van der Waals surface area contributed by atoms with Crippen molar-refractivity contribution in [1.82, 2.24) is 10.2 Å². The second kappa shape index (κ2) is 9.15. The van der Waals surface area contributed by atoms with Crippen LogP contribution in [0.1, 0.15) is 24.0 Å². The van der Waals surface area contributed by atoms with Crippen molar-refractivity contribution in [3.8, 4) is 0 Å². The van der Waals surface area contributed by atoms with Gasteiger partial charge >= 0.3 is 17.9 Å². The lowest BCUT2D eigenvalue weighted by atomic mass is 9.92. The van der Waals surface area contributed by atoms with Crippen LogP contribution in [-0.4, -0.2) is 68.1 Å². The third kappa shape index (κ3) is 5.51. The molecule has 6 N–H and O–H groups in total. The van der Waals surface area contributed by atoms with Gasteiger partial charge in [-0.1, -0.05) is 24.3 Å². The Kier molecular flexibility index (Phi) is 6.89. The molecule has 0 saturated heterocycles. The summed E-state index contributed by atoms with van der Waals surface area (Å²) >= 11 is 0. The number of amides is 2. The first-order valence-electron chi connectivity index (χ1n) is 8.69. The summed E-state index contributed by atoms with van der Waals surface area (Å²) in [5, 5.41) is 29.0. The maximum atomic E-state index is 12.7. The highest BCUT2D eigenvalue weighted by Crippen LogP contribution is 2.24. The molecule has 1 aliphatic rings. The van der Waals surface area contributed by atoms with Gasteiger partial charge in [-0.3, -0.25) is 19.2 Å². The standard InChI is InChI=1S/C18H21N3O8/c19-11(6-14(22)23)17(27)21-8-10-4-2-1-3-9(10)5-13(21)16(26)20-12(18(28)29)7-15(24)25/h1-4,11-13H,5-8,19H2,(H,20,26)(H,22,23)(H,24,25)(H,28,29)/t11-,12-,13-/m0/s1. The van der Waals surface area contributed by atoms with Gasteiger partial charge in [0.2, 0.25) is 11.8 Å². The quantitative estimate of drug-likeness (QED) is 0.352. The fourth-order valence-corrected chi connectivity index (χ4v) is 3.12. The van der Waals surface area contributed by atoms with Crippen molar-refractivity contribution < 1.29 is 39.3 Å². The van der Waals surface area contributed by atoms with Gasteiger partial charge in [-0.05, 0) is 11.1 Å². The first-order valence-corrected chi connectivity index (χ1v) is 8.69. The van der Waals surface area contributed by atoms with Crippen LogP contribution in [-0.2, 0) is 36.9 Å². The third-order valence-electron chi connectivity index (χ3n) is 4.54. The van der Waals surface area contributed by atoms with Crippen molar-refractivity contribution in [2.45, 2.75) is 43.9 Å². The number of nitrogens with zero attached hydrogens (tertiary/aromatic N) is 1. The average Bonchev–Trinajstić information content (AvgIpc) is 2.64.